The molecular formula is C13H15N. The summed E-state index contributed by atoms with van der Waals surface area (Å²) in [7, 11) is 0. The van der Waals surface area contributed by atoms with Crippen LogP contribution in [0.2, 0.25) is 0 Å². The molecular weight excluding hydrogens is 170 g/mol. The molecule has 1 aliphatic carbocycles. The lowest BCUT2D eigenvalue weighted by atomic mass is 9.92. The zero-order valence-electron chi connectivity index (χ0n) is 8.80. The van der Waals surface area contributed by atoms with E-state index in [9.17, 15) is 0 Å². The number of fused-ring (bicyclic) bond motifs is 1. The first-order chi connectivity index (χ1) is 6.66. The summed E-state index contributed by atoms with van der Waals surface area (Å²) in [6, 6.07) is 4.22. The minimum absolute atomic E-state index is 1.05. The van der Waals surface area contributed by atoms with Gasteiger partial charge in [-0.25, -0.2) is 0 Å². The van der Waals surface area contributed by atoms with Gasteiger partial charge in [0.25, 0.3) is 0 Å². The first-order valence-electron chi connectivity index (χ1n) is 5.00. The molecule has 2 rings (SSSR count). The number of rotatable bonds is 1. The Balaban J connectivity index is 2.45. The van der Waals surface area contributed by atoms with Crippen molar-refractivity contribution in [3.8, 4) is 0 Å². The molecule has 1 nitrogen and oxygen atoms in total. The molecule has 1 heterocycles. The van der Waals surface area contributed by atoms with Crippen LogP contribution in [0.15, 0.2) is 29.9 Å². The molecule has 0 atom stereocenters. The molecule has 0 saturated carbocycles. The molecule has 1 heteroatoms. The first kappa shape index (κ1) is 9.20. The summed E-state index contributed by atoms with van der Waals surface area (Å²) in [5, 5.41) is 0. The van der Waals surface area contributed by atoms with Crippen LogP contribution in [0.5, 0.6) is 0 Å². The topological polar surface area (TPSA) is 12.9 Å². The standard InChI is InChI=1S/C13H15N/c1-9(2)11-6-7-13-12(8-11)5-4-10(3)14-13/h4-5,8H,1,6-7H2,2-3H3. The molecule has 0 saturated heterocycles. The van der Waals surface area contributed by atoms with Crippen LogP contribution in [-0.4, -0.2) is 4.98 Å². The SMILES string of the molecule is C=C(C)C1=Cc2ccc(C)nc2CC1. The molecule has 0 radical (unpaired) electrons. The third-order valence-electron chi connectivity index (χ3n) is 2.66. The molecule has 0 fully saturated rings. The van der Waals surface area contributed by atoms with Gasteiger partial charge in [0.05, 0.1) is 0 Å². The van der Waals surface area contributed by atoms with Crippen molar-refractivity contribution in [1.29, 1.82) is 0 Å². The lowest BCUT2D eigenvalue weighted by molar-refractivity contribution is 0.880. The fraction of sp³-hybridized carbons (Fsp3) is 0.308. The van der Waals surface area contributed by atoms with Crippen LogP contribution in [0.25, 0.3) is 6.08 Å². The van der Waals surface area contributed by atoms with Crippen molar-refractivity contribution in [2.75, 3.05) is 0 Å². The summed E-state index contributed by atoms with van der Waals surface area (Å²) in [5.74, 6) is 0. The highest BCUT2D eigenvalue weighted by atomic mass is 14.7. The fourth-order valence-electron chi connectivity index (χ4n) is 1.80. The van der Waals surface area contributed by atoms with Gasteiger partial charge < -0.3 is 0 Å². The molecule has 1 aliphatic rings. The van der Waals surface area contributed by atoms with Crippen molar-refractivity contribution >= 4 is 6.08 Å². The smallest absolute Gasteiger partial charge is 0.0482 e. The highest BCUT2D eigenvalue weighted by Crippen LogP contribution is 2.26. The molecule has 0 N–H and O–H groups in total. The quantitative estimate of drug-likeness (QED) is 0.654. The minimum Gasteiger partial charge on any atom is -0.258 e. The van der Waals surface area contributed by atoms with E-state index in [-0.39, 0.29) is 0 Å². The summed E-state index contributed by atoms with van der Waals surface area (Å²) >= 11 is 0. The van der Waals surface area contributed by atoms with Gasteiger partial charge in [-0.1, -0.05) is 18.2 Å². The van der Waals surface area contributed by atoms with Crippen LogP contribution in [-0.2, 0) is 6.42 Å². The molecule has 0 spiro atoms. The maximum absolute atomic E-state index is 4.53. The third-order valence-corrected chi connectivity index (χ3v) is 2.66. The van der Waals surface area contributed by atoms with E-state index in [2.05, 4.69) is 36.7 Å². The second-order valence-electron chi connectivity index (χ2n) is 3.94. The van der Waals surface area contributed by atoms with Crippen molar-refractivity contribution in [3.63, 3.8) is 0 Å². The number of hydrogen-bond donors (Lipinski definition) is 0. The lowest BCUT2D eigenvalue weighted by Crippen LogP contribution is -2.03. The highest BCUT2D eigenvalue weighted by molar-refractivity contribution is 5.62. The summed E-state index contributed by atoms with van der Waals surface area (Å²) < 4.78 is 0. The van der Waals surface area contributed by atoms with Crippen LogP contribution in [0.4, 0.5) is 0 Å². The maximum atomic E-state index is 4.53. The molecule has 1 aromatic rings. The van der Waals surface area contributed by atoms with Crippen LogP contribution in [0.3, 0.4) is 0 Å². The Bertz CT molecular complexity index is 413. The number of pyridine rings is 1. The van der Waals surface area contributed by atoms with Gasteiger partial charge in [0.2, 0.25) is 0 Å². The zero-order chi connectivity index (χ0) is 10.1. The Labute approximate surface area is 85.2 Å². The van der Waals surface area contributed by atoms with Crippen LogP contribution in [0, 0.1) is 6.92 Å². The van der Waals surface area contributed by atoms with E-state index in [0.717, 1.165) is 18.5 Å². The Kier molecular flexibility index (Phi) is 2.24. The van der Waals surface area contributed by atoms with Crippen molar-refractivity contribution in [1.82, 2.24) is 4.98 Å². The Morgan fingerprint density at radius 1 is 1.36 bits per heavy atom. The largest absolute Gasteiger partial charge is 0.258 e. The van der Waals surface area contributed by atoms with E-state index in [1.54, 1.807) is 0 Å². The highest BCUT2D eigenvalue weighted by Gasteiger charge is 2.11. The molecule has 1 aromatic heterocycles. The molecule has 14 heavy (non-hydrogen) atoms. The van der Waals surface area contributed by atoms with Crippen LogP contribution >= 0.6 is 0 Å². The average Bonchev–Trinajstić information content (AvgIpc) is 2.16. The van der Waals surface area contributed by atoms with Crippen molar-refractivity contribution in [2.45, 2.75) is 26.7 Å². The van der Waals surface area contributed by atoms with E-state index < -0.39 is 0 Å². The summed E-state index contributed by atoms with van der Waals surface area (Å²) in [6.45, 7) is 8.09. The van der Waals surface area contributed by atoms with E-state index in [1.807, 2.05) is 6.92 Å². The first-order valence-corrected chi connectivity index (χ1v) is 5.00. The van der Waals surface area contributed by atoms with Crippen LogP contribution in [0.1, 0.15) is 30.3 Å². The molecule has 0 aliphatic heterocycles. The number of hydrogen-bond acceptors (Lipinski definition) is 1. The molecule has 0 bridgehead atoms. The van der Waals surface area contributed by atoms with Crippen molar-refractivity contribution in [2.24, 2.45) is 0 Å². The molecule has 0 unspecified atom stereocenters. The molecule has 72 valence electrons. The second-order valence-corrected chi connectivity index (χ2v) is 3.94. The lowest BCUT2D eigenvalue weighted by Gasteiger charge is -2.15. The van der Waals surface area contributed by atoms with Gasteiger partial charge in [-0.15, -0.1) is 0 Å². The monoisotopic (exact) mass is 185 g/mol. The van der Waals surface area contributed by atoms with Gasteiger partial charge in [-0.3, -0.25) is 4.98 Å². The van der Waals surface area contributed by atoms with Gasteiger partial charge in [0, 0.05) is 11.4 Å². The summed E-state index contributed by atoms with van der Waals surface area (Å²) in [4.78, 5) is 4.53. The van der Waals surface area contributed by atoms with E-state index in [1.165, 1.54) is 22.4 Å². The minimum atomic E-state index is 1.05. The Morgan fingerprint density at radius 3 is 2.86 bits per heavy atom. The Morgan fingerprint density at radius 2 is 2.14 bits per heavy atom. The predicted octanol–water partition coefficient (Wildman–Crippen LogP) is 3.30. The third kappa shape index (κ3) is 1.63. The second kappa shape index (κ2) is 3.41. The number of aromatic nitrogens is 1. The zero-order valence-corrected chi connectivity index (χ0v) is 8.80. The number of aryl methyl sites for hydroxylation is 2. The van der Waals surface area contributed by atoms with Gasteiger partial charge >= 0.3 is 0 Å². The normalized spacial score (nSPS) is 14.6. The van der Waals surface area contributed by atoms with Gasteiger partial charge in [0.1, 0.15) is 0 Å². The summed E-state index contributed by atoms with van der Waals surface area (Å²) in [5.41, 5.74) is 6.14. The van der Waals surface area contributed by atoms with Crippen LogP contribution < -0.4 is 0 Å². The number of nitrogens with zero attached hydrogens (tertiary/aromatic N) is 1. The van der Waals surface area contributed by atoms with Gasteiger partial charge in [0.15, 0.2) is 0 Å². The fourth-order valence-corrected chi connectivity index (χ4v) is 1.80. The predicted molar refractivity (Wildman–Crippen MR) is 60.1 cm³/mol. The molecule has 0 aromatic carbocycles. The van der Waals surface area contributed by atoms with Gasteiger partial charge in [-0.2, -0.15) is 0 Å². The number of allylic oxidation sites excluding steroid dienone is 2. The van der Waals surface area contributed by atoms with E-state index in [0.29, 0.717) is 0 Å². The van der Waals surface area contributed by atoms with Crippen molar-refractivity contribution in [3.05, 3.63) is 46.8 Å². The van der Waals surface area contributed by atoms with Crippen molar-refractivity contribution < 1.29 is 0 Å². The van der Waals surface area contributed by atoms with E-state index >= 15 is 0 Å². The summed E-state index contributed by atoms with van der Waals surface area (Å²) in [6.07, 6.45) is 4.35. The maximum Gasteiger partial charge on any atom is 0.0482 e. The molecule has 0 amide bonds. The Hall–Kier alpha value is -1.37. The van der Waals surface area contributed by atoms with Gasteiger partial charge in [-0.05, 0) is 50.0 Å². The van der Waals surface area contributed by atoms with E-state index in [4.69, 9.17) is 0 Å². The average molecular weight is 185 g/mol.